The van der Waals surface area contributed by atoms with Crippen LogP contribution in [-0.2, 0) is 16.8 Å². The minimum Gasteiger partial charge on any atom is -0.359 e. The predicted molar refractivity (Wildman–Crippen MR) is 67.9 cm³/mol. The van der Waals surface area contributed by atoms with Crippen LogP contribution in [0.4, 0.5) is 4.39 Å². The zero-order valence-electron chi connectivity index (χ0n) is 10.3. The minimum absolute atomic E-state index is 0.489. The van der Waals surface area contributed by atoms with Gasteiger partial charge in [-0.25, -0.2) is 4.39 Å². The van der Waals surface area contributed by atoms with Crippen molar-refractivity contribution in [1.82, 2.24) is 5.32 Å². The normalized spacial score (nSPS) is 17.4. The summed E-state index contributed by atoms with van der Waals surface area (Å²) in [7, 11) is -4.69. The van der Waals surface area contributed by atoms with Crippen LogP contribution >= 0.6 is 0 Å². The molecule has 1 heterocycles. The maximum Gasteiger partial charge on any atom is 0.446 e. The zero-order valence-corrected chi connectivity index (χ0v) is 11.1. The number of piperidine rings is 1. The van der Waals surface area contributed by atoms with E-state index in [-0.39, 0.29) is 0 Å². The van der Waals surface area contributed by atoms with Gasteiger partial charge in [-0.1, -0.05) is 6.07 Å². The first-order valence-electron chi connectivity index (χ1n) is 6.10. The molecule has 2 rings (SSSR count). The van der Waals surface area contributed by atoms with Crippen molar-refractivity contribution in [2.75, 3.05) is 13.1 Å². The van der Waals surface area contributed by atoms with Crippen molar-refractivity contribution < 1.29 is 21.5 Å². The van der Waals surface area contributed by atoms with Crippen molar-refractivity contribution in [3.05, 3.63) is 29.6 Å². The molecule has 1 aromatic carbocycles. The van der Waals surface area contributed by atoms with Gasteiger partial charge in [-0.2, -0.15) is 8.42 Å². The molecule has 1 fully saturated rings. The van der Waals surface area contributed by atoms with Crippen molar-refractivity contribution in [2.24, 2.45) is 5.92 Å². The Morgan fingerprint density at radius 3 is 2.63 bits per heavy atom. The summed E-state index contributed by atoms with van der Waals surface area (Å²) in [6.07, 6.45) is 2.85. The SMILES string of the molecule is O=S(=O)(O)Oc1ccc(CC2CCNCC2)cc1F. The Hall–Kier alpha value is -1.18. The van der Waals surface area contributed by atoms with Crippen LogP contribution in [-0.4, -0.2) is 26.1 Å². The van der Waals surface area contributed by atoms with Crippen molar-refractivity contribution >= 4 is 10.4 Å². The molecule has 0 spiro atoms. The van der Waals surface area contributed by atoms with Crippen LogP contribution in [0.15, 0.2) is 18.2 Å². The monoisotopic (exact) mass is 289 g/mol. The Morgan fingerprint density at radius 2 is 2.05 bits per heavy atom. The molecule has 2 N–H and O–H groups in total. The molecular weight excluding hydrogens is 273 g/mol. The van der Waals surface area contributed by atoms with Gasteiger partial charge >= 0.3 is 10.4 Å². The number of hydrogen-bond donors (Lipinski definition) is 2. The smallest absolute Gasteiger partial charge is 0.359 e. The minimum atomic E-state index is -4.69. The molecule has 0 radical (unpaired) electrons. The molecule has 0 atom stereocenters. The van der Waals surface area contributed by atoms with Gasteiger partial charge in [0.25, 0.3) is 0 Å². The molecular formula is C12H16FNO4S. The van der Waals surface area contributed by atoms with Gasteiger partial charge in [0.2, 0.25) is 0 Å². The maximum absolute atomic E-state index is 13.6. The average Bonchev–Trinajstić information content (AvgIpc) is 2.33. The first kappa shape index (κ1) is 14.2. The lowest BCUT2D eigenvalue weighted by Gasteiger charge is -2.22. The molecule has 1 saturated heterocycles. The summed E-state index contributed by atoms with van der Waals surface area (Å²) >= 11 is 0. The molecule has 0 unspecified atom stereocenters. The quantitative estimate of drug-likeness (QED) is 0.823. The Kier molecular flexibility index (Phi) is 4.38. The van der Waals surface area contributed by atoms with Gasteiger partial charge in [0.15, 0.2) is 11.6 Å². The second-order valence-corrected chi connectivity index (χ2v) is 5.70. The van der Waals surface area contributed by atoms with Crippen LogP contribution in [0.1, 0.15) is 18.4 Å². The highest BCUT2D eigenvalue weighted by Crippen LogP contribution is 2.23. The van der Waals surface area contributed by atoms with E-state index in [1.807, 2.05) is 0 Å². The van der Waals surface area contributed by atoms with Crippen molar-refractivity contribution in [1.29, 1.82) is 0 Å². The lowest BCUT2D eigenvalue weighted by molar-refractivity contribution is 0.369. The molecule has 0 bridgehead atoms. The van der Waals surface area contributed by atoms with Gasteiger partial charge in [-0.15, -0.1) is 0 Å². The number of nitrogens with one attached hydrogen (secondary N) is 1. The number of hydrogen-bond acceptors (Lipinski definition) is 4. The van der Waals surface area contributed by atoms with Gasteiger partial charge in [0, 0.05) is 0 Å². The summed E-state index contributed by atoms with van der Waals surface area (Å²) in [5, 5.41) is 3.26. The molecule has 7 heteroatoms. The molecule has 19 heavy (non-hydrogen) atoms. The summed E-state index contributed by atoms with van der Waals surface area (Å²) in [5.74, 6) is -0.769. The van der Waals surface area contributed by atoms with E-state index in [9.17, 15) is 12.8 Å². The Morgan fingerprint density at radius 1 is 1.37 bits per heavy atom. The third kappa shape index (κ3) is 4.45. The first-order valence-corrected chi connectivity index (χ1v) is 7.46. The second kappa shape index (κ2) is 5.85. The Labute approximate surface area is 111 Å². The molecule has 0 saturated carbocycles. The topological polar surface area (TPSA) is 75.6 Å². The zero-order chi connectivity index (χ0) is 13.9. The molecule has 0 aliphatic carbocycles. The lowest BCUT2D eigenvalue weighted by atomic mass is 9.91. The molecule has 5 nitrogen and oxygen atoms in total. The fraction of sp³-hybridized carbons (Fsp3) is 0.500. The fourth-order valence-electron chi connectivity index (χ4n) is 2.27. The average molecular weight is 289 g/mol. The molecule has 0 aromatic heterocycles. The standard InChI is InChI=1S/C12H16FNO4S/c13-11-8-10(7-9-3-5-14-6-4-9)1-2-12(11)18-19(15,16)17/h1-2,8-9,14H,3-7H2,(H,15,16,17). The van der Waals surface area contributed by atoms with Gasteiger partial charge in [-0.3, -0.25) is 4.55 Å². The summed E-state index contributed by atoms with van der Waals surface area (Å²) in [4.78, 5) is 0. The summed E-state index contributed by atoms with van der Waals surface area (Å²) < 4.78 is 47.3. The summed E-state index contributed by atoms with van der Waals surface area (Å²) in [6.45, 7) is 1.94. The molecule has 1 aliphatic heterocycles. The third-order valence-corrected chi connectivity index (χ3v) is 3.56. The van der Waals surface area contributed by atoms with Crippen LogP contribution in [0.5, 0.6) is 5.75 Å². The number of benzene rings is 1. The van der Waals surface area contributed by atoms with Crippen LogP contribution in [0.2, 0.25) is 0 Å². The van der Waals surface area contributed by atoms with Crippen LogP contribution in [0.25, 0.3) is 0 Å². The third-order valence-electron chi connectivity index (χ3n) is 3.17. The summed E-state index contributed by atoms with van der Waals surface area (Å²) in [5.41, 5.74) is 0.798. The highest BCUT2D eigenvalue weighted by molar-refractivity contribution is 7.81. The largest absolute Gasteiger partial charge is 0.446 e. The molecule has 106 valence electrons. The second-order valence-electron chi connectivity index (χ2n) is 4.67. The van der Waals surface area contributed by atoms with E-state index in [0.29, 0.717) is 5.92 Å². The van der Waals surface area contributed by atoms with Gasteiger partial charge < -0.3 is 9.50 Å². The van der Waals surface area contributed by atoms with E-state index < -0.39 is 22.0 Å². The van der Waals surface area contributed by atoms with E-state index in [1.54, 1.807) is 6.07 Å². The van der Waals surface area contributed by atoms with E-state index >= 15 is 0 Å². The van der Waals surface area contributed by atoms with Crippen molar-refractivity contribution in [3.8, 4) is 5.75 Å². The van der Waals surface area contributed by atoms with E-state index in [2.05, 4.69) is 9.50 Å². The molecule has 0 amide bonds. The lowest BCUT2D eigenvalue weighted by Crippen LogP contribution is -2.28. The van der Waals surface area contributed by atoms with Gasteiger partial charge in [0.1, 0.15) is 0 Å². The summed E-state index contributed by atoms with van der Waals surface area (Å²) in [6, 6.07) is 4.09. The first-order chi connectivity index (χ1) is 8.94. The van der Waals surface area contributed by atoms with E-state index in [0.717, 1.165) is 37.9 Å². The number of halogens is 1. The van der Waals surface area contributed by atoms with Gasteiger partial charge in [0.05, 0.1) is 0 Å². The van der Waals surface area contributed by atoms with Crippen LogP contribution < -0.4 is 9.50 Å². The highest BCUT2D eigenvalue weighted by Gasteiger charge is 2.16. The molecule has 1 aromatic rings. The van der Waals surface area contributed by atoms with Crippen LogP contribution in [0.3, 0.4) is 0 Å². The van der Waals surface area contributed by atoms with E-state index in [1.165, 1.54) is 12.1 Å². The van der Waals surface area contributed by atoms with Crippen molar-refractivity contribution in [3.63, 3.8) is 0 Å². The Bertz CT molecular complexity index is 541. The maximum atomic E-state index is 13.6. The van der Waals surface area contributed by atoms with Gasteiger partial charge in [-0.05, 0) is 56.0 Å². The molecule has 1 aliphatic rings. The van der Waals surface area contributed by atoms with Crippen LogP contribution in [0, 0.1) is 11.7 Å². The Balaban J connectivity index is 2.05. The highest BCUT2D eigenvalue weighted by atomic mass is 32.3. The van der Waals surface area contributed by atoms with E-state index in [4.69, 9.17) is 4.55 Å². The predicted octanol–water partition coefficient (Wildman–Crippen LogP) is 1.55. The number of rotatable bonds is 4. The van der Waals surface area contributed by atoms with Crippen molar-refractivity contribution in [2.45, 2.75) is 19.3 Å². The fourth-order valence-corrected chi connectivity index (χ4v) is 2.63.